The molecule has 2 heterocycles. The first-order valence-electron chi connectivity index (χ1n) is 11.0. The Balaban J connectivity index is 1.28. The minimum absolute atomic E-state index is 0.171. The molecule has 4 rings (SSSR count). The maximum atomic E-state index is 13.7. The van der Waals surface area contributed by atoms with E-state index in [9.17, 15) is 8.78 Å². The fourth-order valence-corrected chi connectivity index (χ4v) is 4.85. The molecule has 1 fully saturated rings. The van der Waals surface area contributed by atoms with E-state index < -0.39 is 0 Å². The minimum atomic E-state index is -0.263. The predicted molar refractivity (Wildman–Crippen MR) is 120 cm³/mol. The maximum Gasteiger partial charge on any atom is 0.125 e. The van der Waals surface area contributed by atoms with Gasteiger partial charge in [0, 0.05) is 18.8 Å². The molecule has 2 aromatic carbocycles. The monoisotopic (exact) mass is 411 g/mol. The van der Waals surface area contributed by atoms with Crippen LogP contribution in [0.5, 0.6) is 0 Å². The Bertz CT molecular complexity index is 886. The van der Waals surface area contributed by atoms with Crippen LogP contribution >= 0.6 is 0 Å². The molecule has 30 heavy (non-hydrogen) atoms. The van der Waals surface area contributed by atoms with E-state index in [1.54, 1.807) is 18.2 Å². The van der Waals surface area contributed by atoms with E-state index in [2.05, 4.69) is 16.4 Å². The summed E-state index contributed by atoms with van der Waals surface area (Å²) in [5.74, 6) is 0.283. The van der Waals surface area contributed by atoms with Gasteiger partial charge in [-0.3, -0.25) is 4.90 Å². The number of fused-ring (bicyclic) bond motifs is 1. The Morgan fingerprint density at radius 1 is 1.03 bits per heavy atom. The normalized spacial score (nSPS) is 17.7. The third-order valence-corrected chi connectivity index (χ3v) is 6.53. The molecule has 0 atom stereocenters. The molecule has 2 aliphatic heterocycles. The molecule has 3 nitrogen and oxygen atoms in total. The standard InChI is InChI=1S/C25H31F2N3/c1-18(30-12-2-3-21-15-23(27)16-24(28)25(21)30)17-29-13-10-20(11-14-29)5-4-19-6-8-22(26)9-7-19/h6-9,15-16,20H,1-5,10-14,17,28H2. The summed E-state index contributed by atoms with van der Waals surface area (Å²) in [6.07, 6.45) is 6.37. The number of halogens is 2. The Hall–Kier alpha value is -2.40. The summed E-state index contributed by atoms with van der Waals surface area (Å²) in [6, 6.07) is 9.90. The quantitative estimate of drug-likeness (QED) is 0.667. The average Bonchev–Trinajstić information content (AvgIpc) is 2.73. The smallest absolute Gasteiger partial charge is 0.125 e. The number of nitrogen functional groups attached to an aromatic ring is 1. The molecule has 1 saturated heterocycles. The van der Waals surface area contributed by atoms with Crippen LogP contribution in [0.2, 0.25) is 0 Å². The molecule has 0 unspecified atom stereocenters. The zero-order valence-corrected chi connectivity index (χ0v) is 17.5. The lowest BCUT2D eigenvalue weighted by Crippen LogP contribution is -2.39. The lowest BCUT2D eigenvalue weighted by molar-refractivity contribution is 0.190. The second kappa shape index (κ2) is 9.17. The molecule has 0 amide bonds. The molecular formula is C25H31F2N3. The van der Waals surface area contributed by atoms with Gasteiger partial charge in [0.05, 0.1) is 11.4 Å². The lowest BCUT2D eigenvalue weighted by Gasteiger charge is -2.38. The number of benzene rings is 2. The summed E-state index contributed by atoms with van der Waals surface area (Å²) in [7, 11) is 0. The van der Waals surface area contributed by atoms with Crippen LogP contribution in [0.15, 0.2) is 48.7 Å². The Morgan fingerprint density at radius 2 is 1.77 bits per heavy atom. The van der Waals surface area contributed by atoms with Crippen molar-refractivity contribution in [1.29, 1.82) is 0 Å². The van der Waals surface area contributed by atoms with E-state index in [-0.39, 0.29) is 11.6 Å². The highest BCUT2D eigenvalue weighted by atomic mass is 19.1. The first-order valence-corrected chi connectivity index (χ1v) is 11.0. The van der Waals surface area contributed by atoms with Crippen molar-refractivity contribution in [1.82, 2.24) is 4.90 Å². The summed E-state index contributed by atoms with van der Waals surface area (Å²) in [5.41, 5.74) is 10.8. The van der Waals surface area contributed by atoms with Gasteiger partial charge >= 0.3 is 0 Å². The van der Waals surface area contributed by atoms with Crippen LogP contribution < -0.4 is 10.6 Å². The molecular weight excluding hydrogens is 380 g/mol. The van der Waals surface area contributed by atoms with E-state index in [0.717, 1.165) is 68.8 Å². The number of nitrogens with zero attached hydrogens (tertiary/aromatic N) is 2. The summed E-state index contributed by atoms with van der Waals surface area (Å²) in [6.45, 7) is 8.17. The van der Waals surface area contributed by atoms with Crippen molar-refractivity contribution >= 4 is 11.4 Å². The molecule has 0 radical (unpaired) electrons. The summed E-state index contributed by atoms with van der Waals surface area (Å²) < 4.78 is 26.8. The maximum absolute atomic E-state index is 13.7. The summed E-state index contributed by atoms with van der Waals surface area (Å²) in [4.78, 5) is 4.65. The van der Waals surface area contributed by atoms with Crippen molar-refractivity contribution in [3.05, 3.63) is 71.4 Å². The zero-order chi connectivity index (χ0) is 21.1. The van der Waals surface area contributed by atoms with E-state index in [1.807, 2.05) is 12.1 Å². The molecule has 2 N–H and O–H groups in total. The van der Waals surface area contributed by atoms with E-state index in [4.69, 9.17) is 5.73 Å². The van der Waals surface area contributed by atoms with Crippen LogP contribution in [0.3, 0.4) is 0 Å². The van der Waals surface area contributed by atoms with Crippen molar-refractivity contribution in [2.45, 2.75) is 38.5 Å². The largest absolute Gasteiger partial charge is 0.397 e. The van der Waals surface area contributed by atoms with Crippen molar-refractivity contribution in [3.63, 3.8) is 0 Å². The van der Waals surface area contributed by atoms with E-state index in [1.165, 1.54) is 24.5 Å². The summed E-state index contributed by atoms with van der Waals surface area (Å²) >= 11 is 0. The van der Waals surface area contributed by atoms with Crippen LogP contribution in [-0.4, -0.2) is 31.1 Å². The number of piperidine rings is 1. The van der Waals surface area contributed by atoms with Crippen LogP contribution in [0.4, 0.5) is 20.2 Å². The van der Waals surface area contributed by atoms with Gasteiger partial charge in [-0.25, -0.2) is 8.78 Å². The highest BCUT2D eigenvalue weighted by Crippen LogP contribution is 2.36. The number of nitrogens with two attached hydrogens (primary N) is 1. The van der Waals surface area contributed by atoms with Gasteiger partial charge in [-0.2, -0.15) is 0 Å². The molecule has 2 aromatic rings. The minimum Gasteiger partial charge on any atom is -0.397 e. The highest BCUT2D eigenvalue weighted by molar-refractivity contribution is 5.75. The van der Waals surface area contributed by atoms with Gasteiger partial charge in [0.25, 0.3) is 0 Å². The molecule has 160 valence electrons. The number of anilines is 2. The number of hydrogen-bond donors (Lipinski definition) is 1. The van der Waals surface area contributed by atoms with Crippen LogP contribution in [0, 0.1) is 17.6 Å². The highest BCUT2D eigenvalue weighted by Gasteiger charge is 2.25. The van der Waals surface area contributed by atoms with Gasteiger partial charge in [-0.15, -0.1) is 0 Å². The molecule has 5 heteroatoms. The average molecular weight is 412 g/mol. The number of aryl methyl sites for hydroxylation is 2. The summed E-state index contributed by atoms with van der Waals surface area (Å²) in [5, 5.41) is 0. The lowest BCUT2D eigenvalue weighted by atomic mass is 9.90. The van der Waals surface area contributed by atoms with Gasteiger partial charge in [-0.05, 0) is 92.9 Å². The fourth-order valence-electron chi connectivity index (χ4n) is 4.85. The Morgan fingerprint density at radius 3 is 2.50 bits per heavy atom. The van der Waals surface area contributed by atoms with Gasteiger partial charge in [0.1, 0.15) is 11.6 Å². The molecule has 2 aliphatic rings. The van der Waals surface area contributed by atoms with Crippen molar-refractivity contribution in [3.8, 4) is 0 Å². The van der Waals surface area contributed by atoms with Crippen LogP contribution in [0.1, 0.15) is 36.8 Å². The fraction of sp³-hybridized carbons (Fsp3) is 0.440. The topological polar surface area (TPSA) is 32.5 Å². The number of likely N-dealkylation sites (tertiary alicyclic amines) is 1. The third-order valence-electron chi connectivity index (χ3n) is 6.53. The van der Waals surface area contributed by atoms with Crippen LogP contribution in [-0.2, 0) is 12.8 Å². The van der Waals surface area contributed by atoms with Crippen LogP contribution in [0.25, 0.3) is 0 Å². The van der Waals surface area contributed by atoms with Crippen molar-refractivity contribution in [2.24, 2.45) is 5.92 Å². The SMILES string of the molecule is C=C(CN1CCC(CCc2ccc(F)cc2)CC1)N1CCCc2cc(F)cc(N)c21. The van der Waals surface area contributed by atoms with Gasteiger partial charge < -0.3 is 10.6 Å². The zero-order valence-electron chi connectivity index (χ0n) is 17.5. The predicted octanol–water partition coefficient (Wildman–Crippen LogP) is 5.16. The Labute approximate surface area is 178 Å². The third kappa shape index (κ3) is 4.84. The van der Waals surface area contributed by atoms with Crippen molar-refractivity contribution in [2.75, 3.05) is 36.8 Å². The second-order valence-corrected chi connectivity index (χ2v) is 8.71. The molecule has 0 saturated carbocycles. The molecule has 0 bridgehead atoms. The van der Waals surface area contributed by atoms with Gasteiger partial charge in [0.2, 0.25) is 0 Å². The van der Waals surface area contributed by atoms with E-state index in [0.29, 0.717) is 11.6 Å². The van der Waals surface area contributed by atoms with Gasteiger partial charge in [-0.1, -0.05) is 18.7 Å². The molecule has 0 aliphatic carbocycles. The number of hydrogen-bond acceptors (Lipinski definition) is 3. The Kier molecular flexibility index (Phi) is 6.38. The molecule has 0 aromatic heterocycles. The first-order chi connectivity index (χ1) is 14.5. The second-order valence-electron chi connectivity index (χ2n) is 8.71. The first kappa shape index (κ1) is 20.9. The molecule has 0 spiro atoms. The number of rotatable bonds is 6. The van der Waals surface area contributed by atoms with E-state index >= 15 is 0 Å². The van der Waals surface area contributed by atoms with Gasteiger partial charge in [0.15, 0.2) is 0 Å². The van der Waals surface area contributed by atoms with Crippen molar-refractivity contribution < 1.29 is 8.78 Å².